The first-order valence-corrected chi connectivity index (χ1v) is 10.0. The second-order valence-electron chi connectivity index (χ2n) is 7.61. The third-order valence-electron chi connectivity index (χ3n) is 5.45. The van der Waals surface area contributed by atoms with Crippen LogP contribution >= 0.6 is 0 Å². The highest BCUT2D eigenvalue weighted by atomic mass is 16.1. The van der Waals surface area contributed by atoms with E-state index in [9.17, 15) is 4.79 Å². The quantitative estimate of drug-likeness (QED) is 0.742. The molecule has 1 atom stereocenters. The zero-order valence-electron chi connectivity index (χ0n) is 16.6. The van der Waals surface area contributed by atoms with Crippen molar-refractivity contribution in [3.8, 4) is 11.4 Å². The number of rotatable bonds is 5. The zero-order valence-corrected chi connectivity index (χ0v) is 16.6. The third-order valence-corrected chi connectivity index (χ3v) is 5.45. The molecular formula is C22H27N5O. The van der Waals surface area contributed by atoms with E-state index in [1.54, 1.807) is 6.07 Å². The van der Waals surface area contributed by atoms with E-state index >= 15 is 0 Å². The van der Waals surface area contributed by atoms with Crippen molar-refractivity contribution in [2.75, 3.05) is 20.1 Å². The van der Waals surface area contributed by atoms with Crippen LogP contribution < -0.4 is 5.56 Å². The second-order valence-corrected chi connectivity index (χ2v) is 7.61. The molecule has 1 aliphatic heterocycles. The normalized spacial score (nSPS) is 17.7. The maximum atomic E-state index is 11.8. The average molecular weight is 377 g/mol. The molecule has 3 aromatic rings. The predicted octanol–water partition coefficient (Wildman–Crippen LogP) is 3.05. The van der Waals surface area contributed by atoms with Crippen molar-refractivity contribution >= 4 is 0 Å². The van der Waals surface area contributed by atoms with Gasteiger partial charge >= 0.3 is 0 Å². The van der Waals surface area contributed by atoms with Gasteiger partial charge in [-0.05, 0) is 44.5 Å². The molecule has 0 amide bonds. The summed E-state index contributed by atoms with van der Waals surface area (Å²) >= 11 is 0. The molecule has 0 spiro atoms. The maximum absolute atomic E-state index is 11.8. The number of hydrogen-bond donors (Lipinski definition) is 1. The van der Waals surface area contributed by atoms with Gasteiger partial charge < -0.3 is 9.88 Å². The predicted molar refractivity (Wildman–Crippen MR) is 110 cm³/mol. The van der Waals surface area contributed by atoms with Gasteiger partial charge in [-0.25, -0.2) is 9.67 Å². The number of nitrogens with one attached hydrogen (secondary N) is 1. The molecule has 6 nitrogen and oxygen atoms in total. The molecule has 1 N–H and O–H groups in total. The van der Waals surface area contributed by atoms with E-state index in [0.717, 1.165) is 48.8 Å². The fraction of sp³-hybridized carbons (Fsp3) is 0.409. The van der Waals surface area contributed by atoms with Crippen LogP contribution in [0.3, 0.4) is 0 Å². The number of aromatic amines is 1. The lowest BCUT2D eigenvalue weighted by molar-refractivity contribution is 0.245. The number of nitrogens with zero attached hydrogens (tertiary/aromatic N) is 4. The average Bonchev–Trinajstić information content (AvgIpc) is 3.12. The molecule has 3 heterocycles. The summed E-state index contributed by atoms with van der Waals surface area (Å²) in [6, 6.07) is 13.8. The topological polar surface area (TPSA) is 66.8 Å². The number of aromatic nitrogens is 4. The summed E-state index contributed by atoms with van der Waals surface area (Å²) < 4.78 is 1.99. The molecule has 6 heteroatoms. The molecule has 2 aromatic heterocycles. The molecule has 0 bridgehead atoms. The van der Waals surface area contributed by atoms with Crippen LogP contribution in [0.1, 0.15) is 42.8 Å². The Morgan fingerprint density at radius 2 is 2.00 bits per heavy atom. The Bertz CT molecular complexity index is 992. The summed E-state index contributed by atoms with van der Waals surface area (Å²) in [5.74, 6) is 2.09. The maximum Gasteiger partial charge on any atom is 0.248 e. The second kappa shape index (κ2) is 8.10. The molecule has 1 saturated heterocycles. The molecule has 1 fully saturated rings. The van der Waals surface area contributed by atoms with Gasteiger partial charge in [0.25, 0.3) is 0 Å². The van der Waals surface area contributed by atoms with Crippen molar-refractivity contribution in [2.24, 2.45) is 0 Å². The van der Waals surface area contributed by atoms with Crippen LogP contribution in [0.25, 0.3) is 11.4 Å². The van der Waals surface area contributed by atoms with Crippen molar-refractivity contribution in [3.05, 3.63) is 69.9 Å². The van der Waals surface area contributed by atoms with E-state index in [-0.39, 0.29) is 5.56 Å². The zero-order chi connectivity index (χ0) is 19.5. The smallest absolute Gasteiger partial charge is 0.248 e. The number of piperidine rings is 1. The van der Waals surface area contributed by atoms with Crippen LogP contribution in [0.2, 0.25) is 0 Å². The Balaban J connectivity index is 1.78. The Morgan fingerprint density at radius 3 is 2.75 bits per heavy atom. The molecule has 1 aromatic carbocycles. The van der Waals surface area contributed by atoms with Gasteiger partial charge in [0.1, 0.15) is 0 Å². The van der Waals surface area contributed by atoms with Crippen molar-refractivity contribution in [3.63, 3.8) is 0 Å². The van der Waals surface area contributed by atoms with Crippen LogP contribution in [-0.4, -0.2) is 44.8 Å². The largest absolute Gasteiger partial charge is 0.325 e. The molecule has 0 aliphatic carbocycles. The van der Waals surface area contributed by atoms with Gasteiger partial charge in [0.15, 0.2) is 11.6 Å². The van der Waals surface area contributed by atoms with E-state index in [1.807, 2.05) is 35.9 Å². The number of H-pyrrole nitrogens is 1. The van der Waals surface area contributed by atoms with Crippen LogP contribution in [0.5, 0.6) is 0 Å². The molecule has 1 unspecified atom stereocenters. The van der Waals surface area contributed by atoms with Gasteiger partial charge in [0.2, 0.25) is 5.56 Å². The first-order valence-electron chi connectivity index (χ1n) is 10.0. The van der Waals surface area contributed by atoms with Crippen LogP contribution in [0.4, 0.5) is 0 Å². The lowest BCUT2D eigenvalue weighted by Gasteiger charge is -2.27. The third kappa shape index (κ3) is 3.92. The SMILES string of the molecule is CCc1[nH]c(=O)ccc1-c1nc(C2CCCN(C)C2)nn1Cc1ccccc1. The van der Waals surface area contributed by atoms with Crippen molar-refractivity contribution < 1.29 is 0 Å². The highest BCUT2D eigenvalue weighted by molar-refractivity contribution is 5.58. The van der Waals surface area contributed by atoms with Gasteiger partial charge in [-0.3, -0.25) is 4.79 Å². The fourth-order valence-corrected chi connectivity index (χ4v) is 3.98. The van der Waals surface area contributed by atoms with Crippen molar-refractivity contribution in [1.82, 2.24) is 24.6 Å². The molecule has 1 aliphatic rings. The van der Waals surface area contributed by atoms with E-state index in [2.05, 4.69) is 29.1 Å². The van der Waals surface area contributed by atoms with Gasteiger partial charge in [-0.1, -0.05) is 37.3 Å². The summed E-state index contributed by atoms with van der Waals surface area (Å²) in [7, 11) is 2.16. The number of hydrogen-bond acceptors (Lipinski definition) is 4. The highest BCUT2D eigenvalue weighted by Gasteiger charge is 2.25. The molecule has 0 saturated carbocycles. The molecule has 146 valence electrons. The van der Waals surface area contributed by atoms with Gasteiger partial charge in [0, 0.05) is 29.8 Å². The van der Waals surface area contributed by atoms with Gasteiger partial charge in [0.05, 0.1) is 6.54 Å². The van der Waals surface area contributed by atoms with Crippen molar-refractivity contribution in [2.45, 2.75) is 38.6 Å². The Labute approximate surface area is 165 Å². The van der Waals surface area contributed by atoms with Crippen LogP contribution in [-0.2, 0) is 13.0 Å². The number of likely N-dealkylation sites (tertiary alicyclic amines) is 1. The minimum Gasteiger partial charge on any atom is -0.325 e. The van der Waals surface area contributed by atoms with Gasteiger partial charge in [-0.15, -0.1) is 0 Å². The number of aryl methyl sites for hydroxylation is 1. The first-order chi connectivity index (χ1) is 13.6. The highest BCUT2D eigenvalue weighted by Crippen LogP contribution is 2.28. The van der Waals surface area contributed by atoms with Crippen LogP contribution in [0, 0.1) is 0 Å². The standard InChI is InChI=1S/C22H27N5O/c1-3-19-18(11-12-20(28)23-19)22-24-21(17-10-7-13-26(2)15-17)25-27(22)14-16-8-5-4-6-9-16/h4-6,8-9,11-12,17H,3,7,10,13-15H2,1-2H3,(H,23,28). The number of benzene rings is 1. The summed E-state index contributed by atoms with van der Waals surface area (Å²) in [6.45, 7) is 4.83. The molecular weight excluding hydrogens is 350 g/mol. The van der Waals surface area contributed by atoms with E-state index < -0.39 is 0 Å². The Hall–Kier alpha value is -2.73. The summed E-state index contributed by atoms with van der Waals surface area (Å²) in [6.07, 6.45) is 3.03. The fourth-order valence-electron chi connectivity index (χ4n) is 3.98. The minimum absolute atomic E-state index is 0.0798. The number of pyridine rings is 1. The first kappa shape index (κ1) is 18.6. The lowest BCUT2D eigenvalue weighted by atomic mass is 9.98. The molecule has 0 radical (unpaired) electrons. The molecule has 4 rings (SSSR count). The van der Waals surface area contributed by atoms with E-state index in [1.165, 1.54) is 12.0 Å². The Kier molecular flexibility index (Phi) is 5.39. The Morgan fingerprint density at radius 1 is 1.18 bits per heavy atom. The monoisotopic (exact) mass is 377 g/mol. The van der Waals surface area contributed by atoms with Crippen molar-refractivity contribution in [1.29, 1.82) is 0 Å². The van der Waals surface area contributed by atoms with Gasteiger partial charge in [-0.2, -0.15) is 5.10 Å². The van der Waals surface area contributed by atoms with E-state index in [4.69, 9.17) is 10.1 Å². The minimum atomic E-state index is -0.0798. The summed E-state index contributed by atoms with van der Waals surface area (Å²) in [4.78, 5) is 22.1. The number of likely N-dealkylation sites (N-methyl/N-ethyl adjacent to an activating group) is 1. The van der Waals surface area contributed by atoms with Crippen LogP contribution in [0.15, 0.2) is 47.3 Å². The molecule has 28 heavy (non-hydrogen) atoms. The summed E-state index contributed by atoms with van der Waals surface area (Å²) in [5.41, 5.74) is 2.97. The van der Waals surface area contributed by atoms with E-state index in [0.29, 0.717) is 12.5 Å². The lowest BCUT2D eigenvalue weighted by Crippen LogP contribution is -2.31. The summed E-state index contributed by atoms with van der Waals surface area (Å²) in [5, 5.41) is 4.92.